The van der Waals surface area contributed by atoms with Gasteiger partial charge in [-0.15, -0.1) is 0 Å². The first-order chi connectivity index (χ1) is 23.7. The molecular weight excluding hydrogens is 624 g/mol. The third-order valence-electron chi connectivity index (χ3n) is 11.0. The minimum Gasteiger partial charge on any atom is -0.496 e. The lowest BCUT2D eigenvalue weighted by Crippen LogP contribution is -2.60. The molecule has 2 aromatic heterocycles. The van der Waals surface area contributed by atoms with Gasteiger partial charge < -0.3 is 23.8 Å². The maximum absolute atomic E-state index is 13.3. The van der Waals surface area contributed by atoms with Gasteiger partial charge in [0.25, 0.3) is 5.91 Å². The Hall–Kier alpha value is -5.10. The normalized spacial score (nSPS) is 20.5. The highest BCUT2D eigenvalue weighted by molar-refractivity contribution is 6.05. The largest absolute Gasteiger partial charge is 0.496 e. The Bertz CT molecular complexity index is 2040. The van der Waals surface area contributed by atoms with Crippen LogP contribution < -0.4 is 25.4 Å². The molecule has 0 radical (unpaired) electrons. The second-order valence-corrected chi connectivity index (χ2v) is 13.9. The van der Waals surface area contributed by atoms with E-state index in [9.17, 15) is 19.2 Å². The Labute approximate surface area is 283 Å². The topological polar surface area (TPSA) is 118 Å². The third kappa shape index (κ3) is 5.25. The summed E-state index contributed by atoms with van der Waals surface area (Å²) in [6.45, 7) is 4.91. The molecule has 12 heteroatoms. The van der Waals surface area contributed by atoms with Crippen molar-refractivity contribution in [3.8, 4) is 22.6 Å². The van der Waals surface area contributed by atoms with Crippen molar-refractivity contribution in [1.82, 2.24) is 24.1 Å². The van der Waals surface area contributed by atoms with E-state index in [4.69, 9.17) is 9.47 Å². The van der Waals surface area contributed by atoms with Crippen LogP contribution in [0.1, 0.15) is 47.2 Å². The number of piperidine rings is 2. The van der Waals surface area contributed by atoms with Gasteiger partial charge in [-0.05, 0) is 79.9 Å². The van der Waals surface area contributed by atoms with Gasteiger partial charge in [0.15, 0.2) is 0 Å². The molecule has 6 heterocycles. The van der Waals surface area contributed by atoms with Gasteiger partial charge in [-0.3, -0.25) is 29.0 Å². The molecular formula is C37H40N6O6. The summed E-state index contributed by atoms with van der Waals surface area (Å²) in [6, 6.07) is 13.4. The zero-order valence-corrected chi connectivity index (χ0v) is 28.0. The molecule has 3 saturated heterocycles. The fourth-order valence-electron chi connectivity index (χ4n) is 8.15. The monoisotopic (exact) mass is 664 g/mol. The van der Waals surface area contributed by atoms with Crippen molar-refractivity contribution in [3.05, 3.63) is 82.0 Å². The van der Waals surface area contributed by atoms with Crippen LogP contribution in [-0.2, 0) is 29.7 Å². The predicted molar refractivity (Wildman–Crippen MR) is 183 cm³/mol. The van der Waals surface area contributed by atoms with E-state index in [1.165, 1.54) is 0 Å². The molecule has 0 saturated carbocycles. The van der Waals surface area contributed by atoms with Crippen molar-refractivity contribution in [2.45, 2.75) is 44.8 Å². The number of nitrogens with one attached hydrogen (secondary N) is 1. The molecule has 49 heavy (non-hydrogen) atoms. The van der Waals surface area contributed by atoms with E-state index < -0.39 is 6.04 Å². The van der Waals surface area contributed by atoms with Crippen LogP contribution >= 0.6 is 0 Å². The summed E-state index contributed by atoms with van der Waals surface area (Å²) in [5, 5.41) is 2.37. The maximum Gasteiger partial charge on any atom is 0.332 e. The predicted octanol–water partition coefficient (Wildman–Crippen LogP) is 3.19. The average molecular weight is 665 g/mol. The summed E-state index contributed by atoms with van der Waals surface area (Å²) >= 11 is 0. The molecule has 254 valence electrons. The lowest BCUT2D eigenvalue weighted by molar-refractivity contribution is -0.136. The number of fused-ring (bicyclic) bond motifs is 2. The number of benzene rings is 2. The number of anilines is 1. The van der Waals surface area contributed by atoms with Gasteiger partial charge >= 0.3 is 5.69 Å². The standard InChI is InChI=1S/C37H40N6O6/c1-39-12-9-29-26(8-13-42(29)36(39)47)24-16-31(48-2)28(32(17-24)49-3)20-40-14-10-37(11-15-40)21-41(22-37)25-5-4-23-19-43(35(46)27(23)18-25)30-6-7-33(44)38-34(30)45/h4-5,8-9,12-13,16-18,30H,6-7,10-11,14-15,19-22H2,1-3H3,(H,38,44,45). The van der Waals surface area contributed by atoms with Gasteiger partial charge in [-0.2, -0.15) is 0 Å². The Morgan fingerprint density at radius 3 is 2.33 bits per heavy atom. The molecule has 4 aliphatic heterocycles. The fraction of sp³-hybridized carbons (Fsp3) is 0.405. The van der Waals surface area contributed by atoms with Crippen LogP contribution in [-0.4, -0.2) is 82.9 Å². The zero-order chi connectivity index (χ0) is 34.0. The van der Waals surface area contributed by atoms with Crippen LogP contribution in [0.3, 0.4) is 0 Å². The quantitative estimate of drug-likeness (QED) is 0.300. The van der Waals surface area contributed by atoms with Crippen molar-refractivity contribution in [2.75, 3.05) is 45.3 Å². The number of hydrogen-bond acceptors (Lipinski definition) is 8. The molecule has 3 fully saturated rings. The number of rotatable bonds is 7. The molecule has 12 nitrogen and oxygen atoms in total. The molecule has 1 spiro atoms. The van der Waals surface area contributed by atoms with E-state index >= 15 is 0 Å². The molecule has 0 aliphatic carbocycles. The first-order valence-electron chi connectivity index (χ1n) is 16.8. The van der Waals surface area contributed by atoms with Gasteiger partial charge in [0.1, 0.15) is 17.5 Å². The third-order valence-corrected chi connectivity index (χ3v) is 11.0. The van der Waals surface area contributed by atoms with Crippen LogP contribution in [0.5, 0.6) is 11.5 Å². The average Bonchev–Trinajstić information content (AvgIpc) is 3.67. The summed E-state index contributed by atoms with van der Waals surface area (Å²) < 4.78 is 15.0. The van der Waals surface area contributed by atoms with Gasteiger partial charge in [-0.25, -0.2) is 4.79 Å². The van der Waals surface area contributed by atoms with Crippen LogP contribution in [0, 0.1) is 5.41 Å². The molecule has 2 aromatic carbocycles. The number of imide groups is 1. The smallest absolute Gasteiger partial charge is 0.332 e. The van der Waals surface area contributed by atoms with E-state index in [2.05, 4.69) is 21.2 Å². The lowest BCUT2D eigenvalue weighted by Gasteiger charge is -2.55. The van der Waals surface area contributed by atoms with Crippen LogP contribution in [0.15, 0.2) is 59.7 Å². The first-order valence-corrected chi connectivity index (χ1v) is 16.8. The first kappa shape index (κ1) is 31.2. The number of methoxy groups -OCH3 is 2. The highest BCUT2D eigenvalue weighted by atomic mass is 16.5. The number of aryl methyl sites for hydroxylation is 1. The van der Waals surface area contributed by atoms with Crippen molar-refractivity contribution >= 4 is 28.9 Å². The minimum atomic E-state index is -0.604. The Kier molecular flexibility index (Phi) is 7.51. The summed E-state index contributed by atoms with van der Waals surface area (Å²) in [5.74, 6) is 0.714. The van der Waals surface area contributed by atoms with E-state index in [0.717, 1.165) is 84.0 Å². The Morgan fingerprint density at radius 2 is 1.63 bits per heavy atom. The van der Waals surface area contributed by atoms with Crippen molar-refractivity contribution in [1.29, 1.82) is 0 Å². The highest BCUT2D eigenvalue weighted by Gasteiger charge is 2.46. The van der Waals surface area contributed by atoms with Crippen LogP contribution in [0.2, 0.25) is 0 Å². The van der Waals surface area contributed by atoms with E-state index in [1.54, 1.807) is 47.5 Å². The summed E-state index contributed by atoms with van der Waals surface area (Å²) in [6.07, 6.45) is 6.34. The number of ether oxygens (including phenoxy) is 2. The molecule has 1 N–H and O–H groups in total. The Balaban J connectivity index is 0.918. The number of carbonyl (C=O) groups is 3. The maximum atomic E-state index is 13.3. The van der Waals surface area contributed by atoms with Crippen LogP contribution in [0.25, 0.3) is 16.6 Å². The molecule has 8 rings (SSSR count). The number of likely N-dealkylation sites (tertiary alicyclic amines) is 1. The summed E-state index contributed by atoms with van der Waals surface area (Å²) in [4.78, 5) is 56.4. The molecule has 3 amide bonds. The number of nitrogens with zero attached hydrogens (tertiary/aromatic N) is 5. The fourth-order valence-corrected chi connectivity index (χ4v) is 8.15. The molecule has 4 aliphatic rings. The van der Waals surface area contributed by atoms with Crippen molar-refractivity contribution in [3.63, 3.8) is 0 Å². The number of hydrogen-bond donors (Lipinski definition) is 1. The van der Waals surface area contributed by atoms with E-state index in [0.29, 0.717) is 25.1 Å². The van der Waals surface area contributed by atoms with E-state index in [1.807, 2.05) is 36.4 Å². The number of amides is 3. The molecule has 1 atom stereocenters. The summed E-state index contributed by atoms with van der Waals surface area (Å²) in [7, 11) is 5.11. The summed E-state index contributed by atoms with van der Waals surface area (Å²) in [5.41, 5.74) is 6.46. The van der Waals surface area contributed by atoms with E-state index in [-0.39, 0.29) is 35.2 Å². The number of aromatic nitrogens is 2. The Morgan fingerprint density at radius 1 is 0.898 bits per heavy atom. The van der Waals surface area contributed by atoms with Gasteiger partial charge in [0.05, 0.1) is 25.3 Å². The van der Waals surface area contributed by atoms with Crippen molar-refractivity contribution in [2.24, 2.45) is 12.5 Å². The van der Waals surface area contributed by atoms with Gasteiger partial charge in [-0.1, -0.05) is 6.07 Å². The highest BCUT2D eigenvalue weighted by Crippen LogP contribution is 2.45. The second kappa shape index (κ2) is 11.8. The SMILES string of the molecule is COc1cc(-c2ccn3c(=O)n(C)ccc23)cc(OC)c1CN1CCC2(CC1)CN(c1ccc3c(c1)C(=O)N(C1CCC(=O)NC1=O)C3)C2. The second-order valence-electron chi connectivity index (χ2n) is 13.9. The molecule has 1 unspecified atom stereocenters. The number of carbonyl (C=O) groups excluding carboxylic acids is 3. The lowest BCUT2D eigenvalue weighted by atomic mass is 9.71. The van der Waals surface area contributed by atoms with Crippen LogP contribution in [0.4, 0.5) is 5.69 Å². The van der Waals surface area contributed by atoms with Crippen molar-refractivity contribution < 1.29 is 23.9 Å². The minimum absolute atomic E-state index is 0.0995. The molecule has 4 aromatic rings. The van der Waals surface area contributed by atoms with Gasteiger partial charge in [0, 0.05) is 74.3 Å². The van der Waals surface area contributed by atoms with Gasteiger partial charge in [0.2, 0.25) is 11.8 Å². The molecule has 0 bridgehead atoms. The zero-order valence-electron chi connectivity index (χ0n) is 28.0.